The highest BCUT2D eigenvalue weighted by Gasteiger charge is 2.21. The van der Waals surface area contributed by atoms with E-state index < -0.39 is 0 Å². The van der Waals surface area contributed by atoms with Gasteiger partial charge in [-0.1, -0.05) is 44.2 Å². The second-order valence-electron chi connectivity index (χ2n) is 4.65. The maximum absolute atomic E-state index is 5.96. The molecule has 2 atom stereocenters. The fourth-order valence-corrected chi connectivity index (χ4v) is 2.16. The van der Waals surface area contributed by atoms with Gasteiger partial charge in [0.15, 0.2) is 0 Å². The van der Waals surface area contributed by atoms with Gasteiger partial charge in [0, 0.05) is 7.11 Å². The third kappa shape index (κ3) is 5.72. The van der Waals surface area contributed by atoms with E-state index in [0.29, 0.717) is 13.2 Å². The van der Waals surface area contributed by atoms with Crippen molar-refractivity contribution in [3.63, 3.8) is 0 Å². The smallest absolute Gasteiger partial charge is 0.0768 e. The average Bonchev–Trinajstić information content (AvgIpc) is 2.47. The molecule has 0 spiro atoms. The van der Waals surface area contributed by atoms with Crippen molar-refractivity contribution in [2.24, 2.45) is 0 Å². The molecule has 0 aliphatic heterocycles. The summed E-state index contributed by atoms with van der Waals surface area (Å²) in [6.45, 7) is 6.64. The third-order valence-electron chi connectivity index (χ3n) is 3.17. The van der Waals surface area contributed by atoms with Crippen molar-refractivity contribution in [3.8, 4) is 0 Å². The standard InChI is InChI=1S/C16H27NO2/c1-4-11-17-16(14-9-7-6-8-10-14)15(5-2)19-13-12-18-3/h6-10,15-17H,4-5,11-13H2,1-3H3. The summed E-state index contributed by atoms with van der Waals surface area (Å²) in [5.41, 5.74) is 1.29. The van der Waals surface area contributed by atoms with Gasteiger partial charge in [-0.3, -0.25) is 0 Å². The van der Waals surface area contributed by atoms with Crippen molar-refractivity contribution in [2.45, 2.75) is 38.8 Å². The van der Waals surface area contributed by atoms with Gasteiger partial charge >= 0.3 is 0 Å². The molecule has 0 saturated heterocycles. The summed E-state index contributed by atoms with van der Waals surface area (Å²) in [6, 6.07) is 10.8. The van der Waals surface area contributed by atoms with Crippen LogP contribution in [0.5, 0.6) is 0 Å². The zero-order valence-corrected chi connectivity index (χ0v) is 12.4. The molecule has 1 aromatic rings. The summed E-state index contributed by atoms with van der Waals surface area (Å²) in [6.07, 6.45) is 2.29. The van der Waals surface area contributed by atoms with Gasteiger partial charge in [-0.15, -0.1) is 0 Å². The second-order valence-corrected chi connectivity index (χ2v) is 4.65. The SMILES string of the molecule is CCCNC(c1ccccc1)C(CC)OCCOC. The van der Waals surface area contributed by atoms with E-state index in [0.717, 1.165) is 19.4 Å². The van der Waals surface area contributed by atoms with E-state index in [1.54, 1.807) is 7.11 Å². The first kappa shape index (κ1) is 16.2. The van der Waals surface area contributed by atoms with Crippen LogP contribution in [0, 0.1) is 0 Å². The average molecular weight is 265 g/mol. The number of rotatable bonds is 10. The first-order valence-electron chi connectivity index (χ1n) is 7.22. The van der Waals surface area contributed by atoms with Crippen LogP contribution in [0.2, 0.25) is 0 Å². The van der Waals surface area contributed by atoms with Gasteiger partial charge in [0.1, 0.15) is 0 Å². The molecule has 0 aliphatic carbocycles. The Labute approximate surface area is 117 Å². The number of methoxy groups -OCH3 is 1. The van der Waals surface area contributed by atoms with Crippen molar-refractivity contribution in [1.29, 1.82) is 0 Å². The Balaban J connectivity index is 2.70. The van der Waals surface area contributed by atoms with Crippen LogP contribution in [-0.4, -0.2) is 33.0 Å². The molecule has 2 unspecified atom stereocenters. The lowest BCUT2D eigenvalue weighted by Gasteiger charge is -2.28. The van der Waals surface area contributed by atoms with Crippen molar-refractivity contribution in [2.75, 3.05) is 26.9 Å². The van der Waals surface area contributed by atoms with Gasteiger partial charge in [-0.2, -0.15) is 0 Å². The molecule has 108 valence electrons. The van der Waals surface area contributed by atoms with Crippen molar-refractivity contribution in [3.05, 3.63) is 35.9 Å². The van der Waals surface area contributed by atoms with Gasteiger partial charge in [0.05, 0.1) is 25.4 Å². The maximum Gasteiger partial charge on any atom is 0.0768 e. The van der Waals surface area contributed by atoms with E-state index >= 15 is 0 Å². The Morgan fingerprint density at radius 2 is 1.84 bits per heavy atom. The van der Waals surface area contributed by atoms with Gasteiger partial charge in [-0.05, 0) is 24.9 Å². The molecule has 0 radical (unpaired) electrons. The molecule has 0 amide bonds. The fourth-order valence-electron chi connectivity index (χ4n) is 2.16. The summed E-state index contributed by atoms with van der Waals surface area (Å²) in [5, 5.41) is 3.60. The monoisotopic (exact) mass is 265 g/mol. The summed E-state index contributed by atoms with van der Waals surface area (Å²) in [5.74, 6) is 0. The minimum atomic E-state index is 0.184. The molecule has 0 bridgehead atoms. The van der Waals surface area contributed by atoms with Crippen LogP contribution in [0.25, 0.3) is 0 Å². The van der Waals surface area contributed by atoms with Crippen LogP contribution in [0.1, 0.15) is 38.3 Å². The van der Waals surface area contributed by atoms with Gasteiger partial charge in [-0.25, -0.2) is 0 Å². The van der Waals surface area contributed by atoms with Crippen LogP contribution in [0.15, 0.2) is 30.3 Å². The molecule has 0 heterocycles. The molecule has 3 heteroatoms. The molecular weight excluding hydrogens is 238 g/mol. The number of hydrogen-bond donors (Lipinski definition) is 1. The fraction of sp³-hybridized carbons (Fsp3) is 0.625. The van der Waals surface area contributed by atoms with E-state index in [9.17, 15) is 0 Å². The van der Waals surface area contributed by atoms with E-state index in [4.69, 9.17) is 9.47 Å². The third-order valence-corrected chi connectivity index (χ3v) is 3.17. The summed E-state index contributed by atoms with van der Waals surface area (Å²) < 4.78 is 11.0. The number of hydrogen-bond acceptors (Lipinski definition) is 3. The number of ether oxygens (including phenoxy) is 2. The Morgan fingerprint density at radius 1 is 1.11 bits per heavy atom. The van der Waals surface area contributed by atoms with Crippen LogP contribution in [0.3, 0.4) is 0 Å². The molecule has 0 aliphatic rings. The summed E-state index contributed by atoms with van der Waals surface area (Å²) in [7, 11) is 1.70. The topological polar surface area (TPSA) is 30.5 Å². The highest BCUT2D eigenvalue weighted by molar-refractivity contribution is 5.20. The summed E-state index contributed by atoms with van der Waals surface area (Å²) >= 11 is 0. The Bertz CT molecular complexity index is 316. The molecule has 1 rings (SSSR count). The van der Waals surface area contributed by atoms with Crippen LogP contribution >= 0.6 is 0 Å². The molecule has 1 aromatic carbocycles. The largest absolute Gasteiger partial charge is 0.382 e. The number of benzene rings is 1. The zero-order valence-electron chi connectivity index (χ0n) is 12.4. The molecular formula is C16H27NO2. The predicted molar refractivity (Wildman–Crippen MR) is 79.4 cm³/mol. The minimum absolute atomic E-state index is 0.184. The molecule has 1 N–H and O–H groups in total. The van der Waals surface area contributed by atoms with Crippen molar-refractivity contribution in [1.82, 2.24) is 5.32 Å². The molecule has 0 saturated carbocycles. The Kier molecular flexibility index (Phi) is 8.47. The highest BCUT2D eigenvalue weighted by Crippen LogP contribution is 2.21. The van der Waals surface area contributed by atoms with E-state index in [-0.39, 0.29) is 12.1 Å². The van der Waals surface area contributed by atoms with Gasteiger partial charge in [0.25, 0.3) is 0 Å². The summed E-state index contributed by atoms with van der Waals surface area (Å²) in [4.78, 5) is 0. The van der Waals surface area contributed by atoms with Gasteiger partial charge in [0.2, 0.25) is 0 Å². The van der Waals surface area contributed by atoms with E-state index in [1.807, 2.05) is 6.07 Å². The zero-order chi connectivity index (χ0) is 13.9. The normalized spacial score (nSPS) is 14.3. The molecule has 3 nitrogen and oxygen atoms in total. The van der Waals surface area contributed by atoms with Crippen molar-refractivity contribution < 1.29 is 9.47 Å². The highest BCUT2D eigenvalue weighted by atomic mass is 16.5. The lowest BCUT2D eigenvalue weighted by molar-refractivity contribution is -0.00428. The first-order chi connectivity index (χ1) is 9.33. The van der Waals surface area contributed by atoms with Crippen molar-refractivity contribution >= 4 is 0 Å². The second kappa shape index (κ2) is 9.96. The predicted octanol–water partition coefficient (Wildman–Crippen LogP) is 3.17. The van der Waals surface area contributed by atoms with E-state index in [2.05, 4.69) is 43.4 Å². The Hall–Kier alpha value is -0.900. The van der Waals surface area contributed by atoms with Crippen LogP contribution < -0.4 is 5.32 Å². The Morgan fingerprint density at radius 3 is 2.42 bits per heavy atom. The molecule has 0 aromatic heterocycles. The lowest BCUT2D eigenvalue weighted by Crippen LogP contribution is -2.34. The lowest BCUT2D eigenvalue weighted by atomic mass is 9.99. The first-order valence-corrected chi connectivity index (χ1v) is 7.22. The molecule has 19 heavy (non-hydrogen) atoms. The maximum atomic E-state index is 5.96. The van der Waals surface area contributed by atoms with Gasteiger partial charge < -0.3 is 14.8 Å². The molecule has 0 fully saturated rings. The van der Waals surface area contributed by atoms with E-state index in [1.165, 1.54) is 5.56 Å². The minimum Gasteiger partial charge on any atom is -0.382 e. The quantitative estimate of drug-likeness (QED) is 0.659. The number of nitrogens with one attached hydrogen (secondary N) is 1. The van der Waals surface area contributed by atoms with Crippen LogP contribution in [0.4, 0.5) is 0 Å². The van der Waals surface area contributed by atoms with Crippen LogP contribution in [-0.2, 0) is 9.47 Å².